The number of hydrogen-bond donors (Lipinski definition) is 0. The van der Waals surface area contributed by atoms with Gasteiger partial charge in [-0.05, 0) is 37.5 Å². The van der Waals surface area contributed by atoms with E-state index < -0.39 is 0 Å². The molecule has 0 bridgehead atoms. The normalized spacial score (nSPS) is 11.2. The molecule has 0 aliphatic carbocycles. The van der Waals surface area contributed by atoms with Crippen molar-refractivity contribution in [1.82, 2.24) is 4.90 Å². The maximum atomic E-state index is 10.8. The highest BCUT2D eigenvalue weighted by Gasteiger charge is 2.11. The zero-order valence-corrected chi connectivity index (χ0v) is 11.1. The van der Waals surface area contributed by atoms with E-state index in [1.807, 2.05) is 17.4 Å². The quantitative estimate of drug-likeness (QED) is 0.757. The van der Waals surface area contributed by atoms with Crippen LogP contribution >= 0.6 is 11.3 Å². The highest BCUT2D eigenvalue weighted by molar-refractivity contribution is 7.19. The van der Waals surface area contributed by atoms with Gasteiger partial charge in [-0.15, -0.1) is 11.3 Å². The fourth-order valence-electron chi connectivity index (χ4n) is 1.98. The lowest BCUT2D eigenvalue weighted by atomic mass is 10.1. The van der Waals surface area contributed by atoms with Crippen molar-refractivity contribution < 1.29 is 4.79 Å². The summed E-state index contributed by atoms with van der Waals surface area (Å²) in [6.07, 6.45) is 2.57. The van der Waals surface area contributed by atoms with Gasteiger partial charge >= 0.3 is 0 Å². The van der Waals surface area contributed by atoms with Gasteiger partial charge in [-0.1, -0.05) is 18.2 Å². The Labute approximate surface area is 106 Å². The minimum atomic E-state index is 0.534. The summed E-state index contributed by atoms with van der Waals surface area (Å²) < 4.78 is 1.29. The Morgan fingerprint density at radius 2 is 2.06 bits per heavy atom. The molecule has 0 aliphatic heterocycles. The van der Waals surface area contributed by atoms with Gasteiger partial charge in [0.15, 0.2) is 0 Å². The number of thiophene rings is 1. The topological polar surface area (TPSA) is 20.3 Å². The first kappa shape index (κ1) is 12.3. The zero-order chi connectivity index (χ0) is 12.3. The standard InChI is InChI=1S/C14H17NOS/c1-15(2)9-7-14-12(8-10-16)11-5-3-4-6-13(11)17-14/h3-6,10H,7-9H2,1-2H3. The fourth-order valence-corrected chi connectivity index (χ4v) is 3.21. The van der Waals surface area contributed by atoms with Crippen molar-refractivity contribution in [2.75, 3.05) is 20.6 Å². The maximum Gasteiger partial charge on any atom is 0.124 e. The number of rotatable bonds is 5. The summed E-state index contributed by atoms with van der Waals surface area (Å²) >= 11 is 1.82. The van der Waals surface area contributed by atoms with E-state index >= 15 is 0 Å². The predicted molar refractivity (Wildman–Crippen MR) is 73.9 cm³/mol. The molecule has 2 aromatic rings. The van der Waals surface area contributed by atoms with E-state index in [0.717, 1.165) is 19.3 Å². The molecule has 0 saturated carbocycles. The number of carbonyl (C=O) groups excluding carboxylic acids is 1. The van der Waals surface area contributed by atoms with Crippen LogP contribution in [0.4, 0.5) is 0 Å². The lowest BCUT2D eigenvalue weighted by molar-refractivity contribution is -0.107. The van der Waals surface area contributed by atoms with E-state index in [0.29, 0.717) is 6.42 Å². The second-order valence-corrected chi connectivity index (χ2v) is 5.56. The van der Waals surface area contributed by atoms with E-state index in [2.05, 4.69) is 37.2 Å². The molecule has 0 unspecified atom stereocenters. The van der Waals surface area contributed by atoms with Crippen molar-refractivity contribution in [3.8, 4) is 0 Å². The molecule has 2 rings (SSSR count). The lowest BCUT2D eigenvalue weighted by Crippen LogP contribution is -2.15. The second-order valence-electron chi connectivity index (χ2n) is 4.42. The molecular weight excluding hydrogens is 230 g/mol. The van der Waals surface area contributed by atoms with Crippen LogP contribution in [0.25, 0.3) is 10.1 Å². The first-order chi connectivity index (χ1) is 8.22. The Morgan fingerprint density at radius 1 is 1.29 bits per heavy atom. The minimum absolute atomic E-state index is 0.534. The first-order valence-electron chi connectivity index (χ1n) is 5.80. The van der Waals surface area contributed by atoms with Crippen LogP contribution in [0.5, 0.6) is 0 Å². The highest BCUT2D eigenvalue weighted by atomic mass is 32.1. The van der Waals surface area contributed by atoms with Crippen LogP contribution in [0.3, 0.4) is 0 Å². The number of carbonyl (C=O) groups is 1. The Morgan fingerprint density at radius 3 is 2.76 bits per heavy atom. The molecule has 0 fully saturated rings. The molecule has 1 aromatic carbocycles. The third kappa shape index (κ3) is 2.73. The zero-order valence-electron chi connectivity index (χ0n) is 10.3. The van der Waals surface area contributed by atoms with Crippen LogP contribution < -0.4 is 0 Å². The largest absolute Gasteiger partial charge is 0.309 e. The number of likely N-dealkylation sites (N-methyl/N-ethyl adjacent to an activating group) is 1. The Kier molecular flexibility index (Phi) is 3.92. The van der Waals surface area contributed by atoms with Gasteiger partial charge in [-0.3, -0.25) is 0 Å². The summed E-state index contributed by atoms with van der Waals surface area (Å²) in [5.41, 5.74) is 1.22. The van der Waals surface area contributed by atoms with Gasteiger partial charge in [0, 0.05) is 22.5 Å². The fraction of sp³-hybridized carbons (Fsp3) is 0.357. The summed E-state index contributed by atoms with van der Waals surface area (Å²) in [5, 5.41) is 1.25. The smallest absolute Gasteiger partial charge is 0.124 e. The molecule has 17 heavy (non-hydrogen) atoms. The van der Waals surface area contributed by atoms with Gasteiger partial charge < -0.3 is 9.69 Å². The molecule has 0 aliphatic rings. The Balaban J connectivity index is 2.38. The molecule has 0 spiro atoms. The monoisotopic (exact) mass is 247 g/mol. The maximum absolute atomic E-state index is 10.8. The number of fused-ring (bicyclic) bond motifs is 1. The van der Waals surface area contributed by atoms with Crippen LogP contribution in [-0.4, -0.2) is 31.8 Å². The van der Waals surface area contributed by atoms with Gasteiger partial charge in [0.05, 0.1) is 0 Å². The first-order valence-corrected chi connectivity index (χ1v) is 6.61. The van der Waals surface area contributed by atoms with Gasteiger partial charge in [0.25, 0.3) is 0 Å². The Bertz CT molecular complexity index is 516. The van der Waals surface area contributed by atoms with Crippen molar-refractivity contribution in [3.05, 3.63) is 34.7 Å². The molecule has 0 saturated heterocycles. The number of aldehydes is 1. The number of benzene rings is 1. The lowest BCUT2D eigenvalue weighted by Gasteiger charge is -2.08. The van der Waals surface area contributed by atoms with Gasteiger partial charge in [0.1, 0.15) is 6.29 Å². The minimum Gasteiger partial charge on any atom is -0.309 e. The van der Waals surface area contributed by atoms with Crippen LogP contribution in [0.2, 0.25) is 0 Å². The molecule has 0 radical (unpaired) electrons. The molecule has 0 amide bonds. The summed E-state index contributed by atoms with van der Waals surface area (Å²) in [7, 11) is 4.15. The number of hydrogen-bond acceptors (Lipinski definition) is 3. The molecule has 2 nitrogen and oxygen atoms in total. The molecular formula is C14H17NOS. The molecule has 1 heterocycles. The summed E-state index contributed by atoms with van der Waals surface area (Å²) in [6.45, 7) is 1.03. The van der Waals surface area contributed by atoms with E-state index in [4.69, 9.17) is 0 Å². The van der Waals surface area contributed by atoms with E-state index in [-0.39, 0.29) is 0 Å². The van der Waals surface area contributed by atoms with E-state index in [9.17, 15) is 4.79 Å². The summed E-state index contributed by atoms with van der Waals surface area (Å²) in [5.74, 6) is 0. The summed E-state index contributed by atoms with van der Waals surface area (Å²) in [4.78, 5) is 14.3. The molecule has 1 aromatic heterocycles. The van der Waals surface area contributed by atoms with Crippen molar-refractivity contribution in [3.63, 3.8) is 0 Å². The third-order valence-electron chi connectivity index (χ3n) is 2.86. The van der Waals surface area contributed by atoms with Crippen molar-refractivity contribution >= 4 is 27.7 Å². The molecule has 0 N–H and O–H groups in total. The van der Waals surface area contributed by atoms with Crippen LogP contribution in [0, 0.1) is 0 Å². The van der Waals surface area contributed by atoms with Crippen molar-refractivity contribution in [1.29, 1.82) is 0 Å². The molecule has 0 atom stereocenters. The van der Waals surface area contributed by atoms with Crippen LogP contribution in [0.15, 0.2) is 24.3 Å². The van der Waals surface area contributed by atoms with Crippen molar-refractivity contribution in [2.24, 2.45) is 0 Å². The predicted octanol–water partition coefficient (Wildman–Crippen LogP) is 2.75. The summed E-state index contributed by atoms with van der Waals surface area (Å²) in [6, 6.07) is 8.34. The van der Waals surface area contributed by atoms with Crippen LogP contribution in [0.1, 0.15) is 10.4 Å². The highest BCUT2D eigenvalue weighted by Crippen LogP contribution is 2.31. The van der Waals surface area contributed by atoms with Gasteiger partial charge in [-0.25, -0.2) is 0 Å². The third-order valence-corrected chi connectivity index (χ3v) is 4.13. The van der Waals surface area contributed by atoms with Crippen LogP contribution in [-0.2, 0) is 17.6 Å². The second kappa shape index (κ2) is 5.43. The average molecular weight is 247 g/mol. The van der Waals surface area contributed by atoms with Gasteiger partial charge in [-0.2, -0.15) is 0 Å². The van der Waals surface area contributed by atoms with E-state index in [1.165, 1.54) is 20.5 Å². The molecule has 90 valence electrons. The van der Waals surface area contributed by atoms with Gasteiger partial charge in [0.2, 0.25) is 0 Å². The molecule has 3 heteroatoms. The van der Waals surface area contributed by atoms with Crippen molar-refractivity contribution in [2.45, 2.75) is 12.8 Å². The SMILES string of the molecule is CN(C)CCc1sc2ccccc2c1CC=O. The van der Waals surface area contributed by atoms with E-state index in [1.54, 1.807) is 0 Å². The number of nitrogens with zero attached hydrogens (tertiary/aromatic N) is 1. The average Bonchev–Trinajstić information content (AvgIpc) is 2.66. The Hall–Kier alpha value is -1.19.